The molecule has 1 N–H and O–H groups in total. The van der Waals surface area contributed by atoms with Gasteiger partial charge in [0.2, 0.25) is 0 Å². The van der Waals surface area contributed by atoms with Gasteiger partial charge in [0.25, 0.3) is 0 Å². The van der Waals surface area contributed by atoms with E-state index in [-0.39, 0.29) is 10.5 Å². The number of aryl methyl sites for hydroxylation is 1. The summed E-state index contributed by atoms with van der Waals surface area (Å²) in [5.41, 5.74) is 2.54. The number of hydrogen-bond acceptors (Lipinski definition) is 2. The molecule has 1 aromatic carbocycles. The maximum atomic E-state index is 13.6. The third-order valence-corrected chi connectivity index (χ3v) is 3.70. The van der Waals surface area contributed by atoms with Gasteiger partial charge in [-0.1, -0.05) is 12.1 Å². The molecule has 0 amide bonds. The molecule has 0 aliphatic rings. The summed E-state index contributed by atoms with van der Waals surface area (Å²) in [5.74, 6) is -1.74. The van der Waals surface area contributed by atoms with Gasteiger partial charge >= 0.3 is 0 Å². The molecule has 100 valence electrons. The van der Waals surface area contributed by atoms with Crippen LogP contribution in [0.4, 0.5) is 8.78 Å². The molecule has 0 spiro atoms. The van der Waals surface area contributed by atoms with Crippen molar-refractivity contribution in [2.75, 3.05) is 7.05 Å². The molecule has 2 nitrogen and oxygen atoms in total. The molecular formula is C14H13BrF2N2. The van der Waals surface area contributed by atoms with Gasteiger partial charge in [-0.15, -0.1) is 0 Å². The van der Waals surface area contributed by atoms with Crippen LogP contribution in [-0.4, -0.2) is 12.0 Å². The molecule has 0 bridgehead atoms. The van der Waals surface area contributed by atoms with Gasteiger partial charge in [-0.3, -0.25) is 4.98 Å². The molecule has 1 aromatic heterocycles. The number of hydrogen-bond donors (Lipinski definition) is 1. The molecule has 0 saturated heterocycles. The zero-order chi connectivity index (χ0) is 14.0. The van der Waals surface area contributed by atoms with E-state index in [0.717, 1.165) is 17.2 Å². The van der Waals surface area contributed by atoms with E-state index in [0.29, 0.717) is 5.56 Å². The van der Waals surface area contributed by atoms with E-state index < -0.39 is 11.6 Å². The summed E-state index contributed by atoms with van der Waals surface area (Å²) in [5, 5.41) is 3.09. The lowest BCUT2D eigenvalue weighted by Gasteiger charge is -2.19. The zero-order valence-electron chi connectivity index (χ0n) is 10.5. The van der Waals surface area contributed by atoms with Crippen molar-refractivity contribution in [3.63, 3.8) is 0 Å². The Labute approximate surface area is 119 Å². The normalized spacial score (nSPS) is 12.5. The Balaban J connectivity index is 2.51. The minimum absolute atomic E-state index is 0.133. The number of rotatable bonds is 3. The van der Waals surface area contributed by atoms with Crippen LogP contribution in [0.25, 0.3) is 0 Å². The van der Waals surface area contributed by atoms with Crippen molar-refractivity contribution in [3.8, 4) is 0 Å². The highest BCUT2D eigenvalue weighted by Crippen LogP contribution is 2.31. The van der Waals surface area contributed by atoms with Crippen molar-refractivity contribution in [2.45, 2.75) is 13.0 Å². The van der Waals surface area contributed by atoms with Crippen LogP contribution in [0, 0.1) is 18.6 Å². The van der Waals surface area contributed by atoms with Crippen molar-refractivity contribution in [2.24, 2.45) is 0 Å². The van der Waals surface area contributed by atoms with E-state index in [1.807, 2.05) is 13.0 Å². The highest BCUT2D eigenvalue weighted by atomic mass is 79.9. The molecule has 0 radical (unpaired) electrons. The maximum Gasteiger partial charge on any atom is 0.173 e. The van der Waals surface area contributed by atoms with Gasteiger partial charge in [0.15, 0.2) is 11.6 Å². The summed E-state index contributed by atoms with van der Waals surface area (Å²) in [6.45, 7) is 1.93. The first kappa shape index (κ1) is 14.1. The van der Waals surface area contributed by atoms with Crippen LogP contribution >= 0.6 is 15.9 Å². The average molecular weight is 327 g/mol. The van der Waals surface area contributed by atoms with E-state index in [2.05, 4.69) is 26.2 Å². The summed E-state index contributed by atoms with van der Waals surface area (Å²) in [6, 6.07) is 4.40. The first-order chi connectivity index (χ1) is 9.04. The van der Waals surface area contributed by atoms with E-state index in [9.17, 15) is 8.78 Å². The highest BCUT2D eigenvalue weighted by molar-refractivity contribution is 9.10. The van der Waals surface area contributed by atoms with Gasteiger partial charge in [-0.2, -0.15) is 0 Å². The Morgan fingerprint density at radius 3 is 2.63 bits per heavy atom. The lowest BCUT2D eigenvalue weighted by Crippen LogP contribution is -2.19. The third-order valence-electron chi connectivity index (χ3n) is 2.89. The average Bonchev–Trinajstić information content (AvgIpc) is 2.40. The summed E-state index contributed by atoms with van der Waals surface area (Å²) >= 11 is 3.11. The number of halogens is 3. The van der Waals surface area contributed by atoms with Crippen molar-refractivity contribution < 1.29 is 8.78 Å². The third kappa shape index (κ3) is 2.82. The monoisotopic (exact) mass is 326 g/mol. The molecule has 0 aliphatic carbocycles. The molecule has 0 saturated carbocycles. The number of aromatic nitrogens is 1. The Morgan fingerprint density at radius 1 is 1.26 bits per heavy atom. The van der Waals surface area contributed by atoms with Crippen LogP contribution in [0.5, 0.6) is 0 Å². The second kappa shape index (κ2) is 5.75. The Kier molecular flexibility index (Phi) is 4.27. The van der Waals surface area contributed by atoms with E-state index >= 15 is 0 Å². The summed E-state index contributed by atoms with van der Waals surface area (Å²) in [4.78, 5) is 4.13. The summed E-state index contributed by atoms with van der Waals surface area (Å²) < 4.78 is 26.9. The molecule has 1 heterocycles. The zero-order valence-corrected chi connectivity index (χ0v) is 12.1. The van der Waals surface area contributed by atoms with Crippen molar-refractivity contribution in [1.82, 2.24) is 10.3 Å². The topological polar surface area (TPSA) is 24.9 Å². The maximum absolute atomic E-state index is 13.6. The molecular weight excluding hydrogens is 314 g/mol. The van der Waals surface area contributed by atoms with Gasteiger partial charge in [0, 0.05) is 12.4 Å². The number of nitrogens with one attached hydrogen (secondary N) is 1. The molecule has 1 atom stereocenters. The smallest absolute Gasteiger partial charge is 0.173 e. The predicted octanol–water partition coefficient (Wildman–Crippen LogP) is 3.74. The van der Waals surface area contributed by atoms with E-state index in [4.69, 9.17) is 0 Å². The fraction of sp³-hybridized carbons (Fsp3) is 0.214. The molecule has 0 fully saturated rings. The van der Waals surface area contributed by atoms with Crippen LogP contribution in [0.3, 0.4) is 0 Å². The Hall–Kier alpha value is -1.33. The summed E-state index contributed by atoms with van der Waals surface area (Å²) in [6.07, 6.45) is 3.46. The Morgan fingerprint density at radius 2 is 2.00 bits per heavy atom. The number of nitrogens with zero attached hydrogens (tertiary/aromatic N) is 1. The van der Waals surface area contributed by atoms with Crippen LogP contribution in [0.15, 0.2) is 35.1 Å². The minimum atomic E-state index is -0.877. The minimum Gasteiger partial charge on any atom is -0.309 e. The molecule has 1 unspecified atom stereocenters. The van der Waals surface area contributed by atoms with Crippen molar-refractivity contribution >= 4 is 15.9 Å². The van der Waals surface area contributed by atoms with E-state index in [1.165, 1.54) is 0 Å². The standard InChI is InChI=1S/C14H13BrF2N2/c1-8-5-9(7-19-6-8)14(18-2)10-3-4-11(16)13(17)12(10)15/h3-7,14,18H,1-2H3. The fourth-order valence-corrected chi connectivity index (χ4v) is 2.55. The second-order valence-corrected chi connectivity index (χ2v) is 5.07. The van der Waals surface area contributed by atoms with Crippen LogP contribution < -0.4 is 5.32 Å². The predicted molar refractivity (Wildman–Crippen MR) is 73.9 cm³/mol. The SMILES string of the molecule is CNC(c1cncc(C)c1)c1ccc(F)c(F)c1Br. The lowest BCUT2D eigenvalue weighted by atomic mass is 9.99. The van der Waals surface area contributed by atoms with Crippen LogP contribution in [-0.2, 0) is 0 Å². The largest absolute Gasteiger partial charge is 0.309 e. The molecule has 2 rings (SSSR count). The molecule has 0 aliphatic heterocycles. The first-order valence-electron chi connectivity index (χ1n) is 5.76. The van der Waals surface area contributed by atoms with Gasteiger partial charge in [0.1, 0.15) is 0 Å². The highest BCUT2D eigenvalue weighted by Gasteiger charge is 2.19. The van der Waals surface area contributed by atoms with E-state index in [1.54, 1.807) is 25.5 Å². The quantitative estimate of drug-likeness (QED) is 0.869. The van der Waals surface area contributed by atoms with Crippen LogP contribution in [0.1, 0.15) is 22.7 Å². The van der Waals surface area contributed by atoms with Gasteiger partial charge in [0.05, 0.1) is 10.5 Å². The van der Waals surface area contributed by atoms with Gasteiger partial charge < -0.3 is 5.32 Å². The van der Waals surface area contributed by atoms with Gasteiger partial charge in [-0.25, -0.2) is 8.78 Å². The first-order valence-corrected chi connectivity index (χ1v) is 6.56. The fourth-order valence-electron chi connectivity index (χ4n) is 2.00. The van der Waals surface area contributed by atoms with Crippen molar-refractivity contribution in [3.05, 3.63) is 63.4 Å². The molecule has 5 heteroatoms. The summed E-state index contributed by atoms with van der Waals surface area (Å²) in [7, 11) is 1.76. The molecule has 2 aromatic rings. The Bertz CT molecular complexity index is 602. The lowest BCUT2D eigenvalue weighted by molar-refractivity contribution is 0.499. The van der Waals surface area contributed by atoms with Crippen LogP contribution in [0.2, 0.25) is 0 Å². The van der Waals surface area contributed by atoms with Gasteiger partial charge in [-0.05, 0) is 52.7 Å². The number of benzene rings is 1. The second-order valence-electron chi connectivity index (χ2n) is 4.28. The number of pyridine rings is 1. The molecule has 19 heavy (non-hydrogen) atoms. The van der Waals surface area contributed by atoms with Crippen molar-refractivity contribution in [1.29, 1.82) is 0 Å².